The molecule has 3 heterocycles. The first kappa shape index (κ1) is 19.6. The number of benzene rings is 2. The number of nitrogens with zero attached hydrogens (tertiary/aromatic N) is 4. The fourth-order valence-corrected chi connectivity index (χ4v) is 3.41. The largest absolute Gasteiger partial charge is 0.424 e. The zero-order valence-electron chi connectivity index (χ0n) is 16.9. The van der Waals surface area contributed by atoms with Crippen molar-refractivity contribution in [1.29, 1.82) is 0 Å². The van der Waals surface area contributed by atoms with Crippen LogP contribution in [-0.4, -0.2) is 38.8 Å². The van der Waals surface area contributed by atoms with Crippen molar-refractivity contribution in [3.05, 3.63) is 65.4 Å². The summed E-state index contributed by atoms with van der Waals surface area (Å²) < 4.78 is 12.9. The van der Waals surface area contributed by atoms with E-state index in [1.807, 2.05) is 37.4 Å². The second-order valence-corrected chi connectivity index (χ2v) is 7.80. The van der Waals surface area contributed by atoms with Gasteiger partial charge in [-0.1, -0.05) is 23.7 Å². The summed E-state index contributed by atoms with van der Waals surface area (Å²) in [7, 11) is 2.01. The first-order chi connectivity index (χ1) is 15.1. The van der Waals surface area contributed by atoms with Crippen molar-refractivity contribution in [2.24, 2.45) is 7.05 Å². The monoisotopic (exact) mass is 436 g/mol. The number of ether oxygens (including phenoxy) is 2. The number of fused-ring (bicyclic) bond motifs is 1. The smallest absolute Gasteiger partial charge is 0.321 e. The molecule has 1 saturated heterocycles. The van der Waals surface area contributed by atoms with Crippen LogP contribution in [0.5, 0.6) is 11.8 Å². The topological polar surface area (TPSA) is 86.1 Å². The number of nitrogens with one attached hydrogen (secondary N) is 2. The molecule has 0 amide bonds. The number of rotatable bonds is 7. The van der Waals surface area contributed by atoms with Crippen LogP contribution in [0.25, 0.3) is 11.0 Å². The van der Waals surface area contributed by atoms with Crippen molar-refractivity contribution in [3.8, 4) is 11.8 Å². The lowest BCUT2D eigenvalue weighted by Crippen LogP contribution is -2.40. The van der Waals surface area contributed by atoms with E-state index in [-0.39, 0.29) is 6.01 Å². The van der Waals surface area contributed by atoms with Crippen molar-refractivity contribution < 1.29 is 9.47 Å². The van der Waals surface area contributed by atoms with Crippen molar-refractivity contribution >= 4 is 34.3 Å². The van der Waals surface area contributed by atoms with E-state index in [0.717, 1.165) is 41.4 Å². The molecule has 158 valence electrons. The molecule has 0 radical (unpaired) electrons. The Morgan fingerprint density at radius 1 is 1.13 bits per heavy atom. The zero-order chi connectivity index (χ0) is 21.2. The van der Waals surface area contributed by atoms with Gasteiger partial charge in [-0.05, 0) is 35.9 Å². The lowest BCUT2D eigenvalue weighted by atomic mass is 10.2. The van der Waals surface area contributed by atoms with Gasteiger partial charge in [0.15, 0.2) is 0 Å². The van der Waals surface area contributed by atoms with E-state index in [2.05, 4.69) is 37.3 Å². The molecule has 8 nitrogen and oxygen atoms in total. The number of hydrogen-bond acceptors (Lipinski definition) is 7. The van der Waals surface area contributed by atoms with Crippen LogP contribution < -0.4 is 15.4 Å². The number of aromatic nitrogens is 4. The summed E-state index contributed by atoms with van der Waals surface area (Å²) in [6.45, 7) is 2.15. The predicted molar refractivity (Wildman–Crippen MR) is 120 cm³/mol. The van der Waals surface area contributed by atoms with E-state index in [1.165, 1.54) is 12.4 Å². The molecule has 1 aliphatic rings. The summed E-state index contributed by atoms with van der Waals surface area (Å²) in [5, 5.41) is 7.35. The van der Waals surface area contributed by atoms with Crippen LogP contribution in [0, 0.1) is 0 Å². The predicted octanol–water partition coefficient (Wildman–Crippen LogP) is 4.23. The quantitative estimate of drug-likeness (QED) is 0.448. The van der Waals surface area contributed by atoms with Gasteiger partial charge in [-0.2, -0.15) is 0 Å². The number of imidazole rings is 1. The Morgan fingerprint density at radius 2 is 1.90 bits per heavy atom. The van der Waals surface area contributed by atoms with E-state index in [1.54, 1.807) is 0 Å². The van der Waals surface area contributed by atoms with Gasteiger partial charge in [0.05, 0.1) is 47.7 Å². The van der Waals surface area contributed by atoms with Crippen LogP contribution in [0.4, 0.5) is 11.6 Å². The third kappa shape index (κ3) is 4.40. The van der Waals surface area contributed by atoms with E-state index >= 15 is 0 Å². The van der Waals surface area contributed by atoms with Gasteiger partial charge >= 0.3 is 6.01 Å². The maximum atomic E-state index is 5.79. The third-order valence-electron chi connectivity index (χ3n) is 5.07. The lowest BCUT2D eigenvalue weighted by Gasteiger charge is -2.27. The molecular formula is C22H21ClN6O2. The van der Waals surface area contributed by atoms with Gasteiger partial charge < -0.3 is 24.7 Å². The molecule has 2 aromatic carbocycles. The van der Waals surface area contributed by atoms with Crippen molar-refractivity contribution in [2.45, 2.75) is 12.6 Å². The van der Waals surface area contributed by atoms with Crippen LogP contribution in [0.15, 0.2) is 54.9 Å². The number of hydrogen-bond donors (Lipinski definition) is 2. The van der Waals surface area contributed by atoms with Gasteiger partial charge in [0.2, 0.25) is 5.95 Å². The SMILES string of the molecule is Cn1c(NCc2ccc(Oc3ncc(Cl)cn3)cc2)nc2ccc(NC3COC3)cc21. The Morgan fingerprint density at radius 3 is 2.61 bits per heavy atom. The highest BCUT2D eigenvalue weighted by Gasteiger charge is 2.18. The molecule has 0 bridgehead atoms. The average molecular weight is 437 g/mol. The van der Waals surface area contributed by atoms with E-state index < -0.39 is 0 Å². The molecule has 0 unspecified atom stereocenters. The maximum absolute atomic E-state index is 5.79. The minimum Gasteiger partial charge on any atom is -0.424 e. The Hall–Kier alpha value is -3.36. The second-order valence-electron chi connectivity index (χ2n) is 7.36. The van der Waals surface area contributed by atoms with Crippen molar-refractivity contribution in [2.75, 3.05) is 23.8 Å². The highest BCUT2D eigenvalue weighted by atomic mass is 35.5. The Kier molecular flexibility index (Phi) is 5.31. The van der Waals surface area contributed by atoms with E-state index in [4.69, 9.17) is 26.1 Å². The van der Waals surface area contributed by atoms with Gasteiger partial charge in [-0.15, -0.1) is 0 Å². The Labute approximate surface area is 184 Å². The van der Waals surface area contributed by atoms with E-state index in [9.17, 15) is 0 Å². The summed E-state index contributed by atoms with van der Waals surface area (Å²) in [6, 6.07) is 14.6. The molecule has 0 saturated carbocycles. The summed E-state index contributed by atoms with van der Waals surface area (Å²) in [6.07, 6.45) is 3.00. The summed E-state index contributed by atoms with van der Waals surface area (Å²) in [4.78, 5) is 12.8. The zero-order valence-corrected chi connectivity index (χ0v) is 17.6. The van der Waals surface area contributed by atoms with Crippen molar-refractivity contribution in [3.63, 3.8) is 0 Å². The minimum atomic E-state index is 0.258. The van der Waals surface area contributed by atoms with E-state index in [0.29, 0.717) is 23.4 Å². The molecule has 2 N–H and O–H groups in total. The fourth-order valence-electron chi connectivity index (χ4n) is 3.31. The van der Waals surface area contributed by atoms with Crippen LogP contribution in [0.3, 0.4) is 0 Å². The van der Waals surface area contributed by atoms with Gasteiger partial charge in [0.25, 0.3) is 0 Å². The molecular weight excluding hydrogens is 416 g/mol. The molecule has 4 aromatic rings. The average Bonchev–Trinajstić information content (AvgIpc) is 3.07. The molecule has 1 aliphatic heterocycles. The molecule has 1 fully saturated rings. The Bertz CT molecular complexity index is 1190. The third-order valence-corrected chi connectivity index (χ3v) is 5.26. The Balaban J connectivity index is 1.23. The standard InChI is InChI=1S/C22H21ClN6O2/c1-29-20-8-16(27-17-12-30-13-17)4-7-19(20)28-21(29)24-9-14-2-5-18(6-3-14)31-22-25-10-15(23)11-26-22/h2-8,10-11,17,27H,9,12-13H2,1H3,(H,24,28). The first-order valence-electron chi connectivity index (χ1n) is 9.93. The number of anilines is 2. The van der Waals surface area contributed by atoms with Gasteiger partial charge in [-0.25, -0.2) is 15.0 Å². The lowest BCUT2D eigenvalue weighted by molar-refractivity contribution is 0.0211. The van der Waals surface area contributed by atoms with Gasteiger partial charge in [0.1, 0.15) is 5.75 Å². The minimum absolute atomic E-state index is 0.258. The van der Waals surface area contributed by atoms with Gasteiger partial charge in [-0.3, -0.25) is 0 Å². The van der Waals surface area contributed by atoms with Crippen molar-refractivity contribution in [1.82, 2.24) is 19.5 Å². The fraction of sp³-hybridized carbons (Fsp3) is 0.227. The summed E-state index contributed by atoms with van der Waals surface area (Å²) >= 11 is 5.79. The second kappa shape index (κ2) is 8.41. The summed E-state index contributed by atoms with van der Waals surface area (Å²) in [5.41, 5.74) is 4.20. The van der Waals surface area contributed by atoms with Crippen LogP contribution >= 0.6 is 11.6 Å². The summed E-state index contributed by atoms with van der Waals surface area (Å²) in [5.74, 6) is 1.47. The first-order valence-corrected chi connectivity index (χ1v) is 10.3. The highest BCUT2D eigenvalue weighted by Crippen LogP contribution is 2.24. The molecule has 31 heavy (non-hydrogen) atoms. The van der Waals surface area contributed by atoms with Crippen LogP contribution in [-0.2, 0) is 18.3 Å². The molecule has 0 atom stereocenters. The van der Waals surface area contributed by atoms with Gasteiger partial charge in [0, 0.05) is 19.3 Å². The maximum Gasteiger partial charge on any atom is 0.321 e. The molecule has 2 aromatic heterocycles. The number of aryl methyl sites for hydroxylation is 1. The van der Waals surface area contributed by atoms with Crippen LogP contribution in [0.2, 0.25) is 5.02 Å². The highest BCUT2D eigenvalue weighted by molar-refractivity contribution is 6.30. The number of halogens is 1. The molecule has 0 aliphatic carbocycles. The van der Waals surface area contributed by atoms with Crippen LogP contribution in [0.1, 0.15) is 5.56 Å². The normalized spacial score (nSPS) is 13.7. The molecule has 5 rings (SSSR count). The molecule has 0 spiro atoms. The molecule has 9 heteroatoms.